The van der Waals surface area contributed by atoms with Gasteiger partial charge in [-0.15, -0.1) is 0 Å². The maximum Gasteiger partial charge on any atom is 0.184 e. The van der Waals surface area contributed by atoms with Crippen LogP contribution in [0.5, 0.6) is 0 Å². The number of carbonyl (C=O) groups is 1. The van der Waals surface area contributed by atoms with E-state index in [0.29, 0.717) is 6.42 Å². The molecule has 1 rings (SSSR count). The van der Waals surface area contributed by atoms with Gasteiger partial charge in [-0.2, -0.15) is 0 Å². The molecule has 0 fully saturated rings. The van der Waals surface area contributed by atoms with Crippen molar-refractivity contribution in [3.8, 4) is 0 Å². The molecule has 0 aliphatic heterocycles. The fourth-order valence-corrected chi connectivity index (χ4v) is 2.15. The molecule has 0 spiro atoms. The molecule has 1 aliphatic rings. The maximum atomic E-state index is 10.8. The molecule has 1 atom stereocenters. The Balaban J connectivity index is 2.42. The Bertz CT molecular complexity index is 191. The van der Waals surface area contributed by atoms with Crippen LogP contribution in [-0.4, -0.2) is 20.2 Å². The summed E-state index contributed by atoms with van der Waals surface area (Å²) in [6.07, 6.45) is 4.09. The first-order chi connectivity index (χ1) is 4.97. The minimum absolute atomic E-state index is 0.0640. The molecule has 0 aromatic rings. The van der Waals surface area contributed by atoms with Gasteiger partial charge in [0.15, 0.2) is 14.1 Å². The molecule has 1 aliphatic carbocycles. The van der Waals surface area contributed by atoms with Crippen molar-refractivity contribution < 1.29 is 9.22 Å². The second-order valence-corrected chi connectivity index (χ2v) is 8.26. The first kappa shape index (κ1) is 8.68. The largest absolute Gasteiger partial charge is 0.411 e. The van der Waals surface area contributed by atoms with Crippen molar-refractivity contribution in [3.63, 3.8) is 0 Å². The molecule has 0 aromatic heterocycles. The standard InChI is InChI=1S/C8H14O2Si/c1-11(2,3)10-8-5-4-7(9)6-8/h4-5,8H,6H2,1-3H3/t8-/m0/s1. The Morgan fingerprint density at radius 1 is 1.55 bits per heavy atom. The highest BCUT2D eigenvalue weighted by Gasteiger charge is 2.23. The van der Waals surface area contributed by atoms with E-state index in [0.717, 1.165) is 0 Å². The Labute approximate surface area is 68.4 Å². The molecule has 2 nitrogen and oxygen atoms in total. The molecular formula is C8H14O2Si. The van der Waals surface area contributed by atoms with E-state index in [1.165, 1.54) is 0 Å². The SMILES string of the molecule is C[Si](C)(C)O[C@H]1C=CC(=O)C1. The summed E-state index contributed by atoms with van der Waals surface area (Å²) >= 11 is 0. The summed E-state index contributed by atoms with van der Waals surface area (Å²) in [7, 11) is -1.46. The molecule has 0 radical (unpaired) electrons. The van der Waals surface area contributed by atoms with Gasteiger partial charge in [0.1, 0.15) is 0 Å². The zero-order valence-electron chi connectivity index (χ0n) is 7.26. The third-order valence-electron chi connectivity index (χ3n) is 1.40. The Morgan fingerprint density at radius 3 is 2.55 bits per heavy atom. The van der Waals surface area contributed by atoms with Gasteiger partial charge in [-0.25, -0.2) is 0 Å². The number of allylic oxidation sites excluding steroid dienone is 1. The molecule has 3 heteroatoms. The summed E-state index contributed by atoms with van der Waals surface area (Å²) in [5, 5.41) is 0. The fourth-order valence-electron chi connectivity index (χ4n) is 1.08. The summed E-state index contributed by atoms with van der Waals surface area (Å²) < 4.78 is 5.70. The van der Waals surface area contributed by atoms with Crippen molar-refractivity contribution in [3.05, 3.63) is 12.2 Å². The zero-order valence-corrected chi connectivity index (χ0v) is 8.26. The fraction of sp³-hybridized carbons (Fsp3) is 0.625. The number of ketones is 1. The monoisotopic (exact) mass is 170 g/mol. The van der Waals surface area contributed by atoms with E-state index in [1.54, 1.807) is 6.08 Å². The summed E-state index contributed by atoms with van der Waals surface area (Å²) in [4.78, 5) is 10.8. The Morgan fingerprint density at radius 2 is 2.18 bits per heavy atom. The van der Waals surface area contributed by atoms with Crippen LogP contribution in [0.15, 0.2) is 12.2 Å². The molecule has 11 heavy (non-hydrogen) atoms. The van der Waals surface area contributed by atoms with Crippen LogP contribution in [0.2, 0.25) is 19.6 Å². The van der Waals surface area contributed by atoms with E-state index < -0.39 is 8.32 Å². The number of hydrogen-bond donors (Lipinski definition) is 0. The average Bonchev–Trinajstić information content (AvgIpc) is 2.10. The lowest BCUT2D eigenvalue weighted by molar-refractivity contribution is -0.114. The summed E-state index contributed by atoms with van der Waals surface area (Å²) in [5.74, 6) is 0.188. The molecule has 0 bridgehead atoms. The lowest BCUT2D eigenvalue weighted by Gasteiger charge is -2.21. The lowest BCUT2D eigenvalue weighted by atomic mass is 10.3. The topological polar surface area (TPSA) is 26.3 Å². The van der Waals surface area contributed by atoms with E-state index >= 15 is 0 Å². The molecule has 0 heterocycles. The summed E-state index contributed by atoms with van der Waals surface area (Å²) in [6, 6.07) is 0. The first-order valence-corrected chi connectivity index (χ1v) is 7.27. The van der Waals surface area contributed by atoms with Crippen LogP contribution in [-0.2, 0) is 9.22 Å². The van der Waals surface area contributed by atoms with Gasteiger partial charge in [0.05, 0.1) is 6.10 Å². The van der Waals surface area contributed by atoms with Crippen molar-refractivity contribution >= 4 is 14.1 Å². The number of rotatable bonds is 2. The van der Waals surface area contributed by atoms with Crippen LogP contribution >= 0.6 is 0 Å². The van der Waals surface area contributed by atoms with Crippen LogP contribution in [0.3, 0.4) is 0 Å². The van der Waals surface area contributed by atoms with E-state index in [1.807, 2.05) is 6.08 Å². The lowest BCUT2D eigenvalue weighted by Crippen LogP contribution is -2.30. The molecular weight excluding hydrogens is 156 g/mol. The second kappa shape index (κ2) is 2.91. The van der Waals surface area contributed by atoms with Gasteiger partial charge in [0.2, 0.25) is 0 Å². The van der Waals surface area contributed by atoms with E-state index in [-0.39, 0.29) is 11.9 Å². The van der Waals surface area contributed by atoms with Crippen LogP contribution in [0.25, 0.3) is 0 Å². The van der Waals surface area contributed by atoms with Crippen LogP contribution in [0, 0.1) is 0 Å². The van der Waals surface area contributed by atoms with Crippen molar-refractivity contribution in [2.24, 2.45) is 0 Å². The smallest absolute Gasteiger partial charge is 0.184 e. The van der Waals surface area contributed by atoms with E-state index in [9.17, 15) is 4.79 Å². The quantitative estimate of drug-likeness (QED) is 0.590. The summed E-state index contributed by atoms with van der Waals surface area (Å²) in [6.45, 7) is 6.39. The minimum Gasteiger partial charge on any atom is -0.411 e. The molecule has 62 valence electrons. The molecule has 0 amide bonds. The first-order valence-electron chi connectivity index (χ1n) is 3.86. The van der Waals surface area contributed by atoms with Crippen LogP contribution in [0.1, 0.15) is 6.42 Å². The third kappa shape index (κ3) is 2.99. The van der Waals surface area contributed by atoms with Gasteiger partial charge in [-0.3, -0.25) is 4.79 Å². The van der Waals surface area contributed by atoms with Gasteiger partial charge in [0, 0.05) is 6.42 Å². The predicted octanol–water partition coefficient (Wildman–Crippen LogP) is 1.74. The second-order valence-electron chi connectivity index (χ2n) is 3.80. The van der Waals surface area contributed by atoms with Crippen molar-refractivity contribution in [1.29, 1.82) is 0 Å². The highest BCUT2D eigenvalue weighted by atomic mass is 28.4. The number of hydrogen-bond acceptors (Lipinski definition) is 2. The van der Waals surface area contributed by atoms with Crippen molar-refractivity contribution in [2.45, 2.75) is 32.2 Å². The molecule has 0 saturated heterocycles. The average molecular weight is 170 g/mol. The highest BCUT2D eigenvalue weighted by molar-refractivity contribution is 6.69. The van der Waals surface area contributed by atoms with Gasteiger partial charge in [-0.1, -0.05) is 6.08 Å². The zero-order chi connectivity index (χ0) is 8.48. The van der Waals surface area contributed by atoms with Gasteiger partial charge in [0.25, 0.3) is 0 Å². The predicted molar refractivity (Wildman–Crippen MR) is 47.0 cm³/mol. The third-order valence-corrected chi connectivity index (χ3v) is 2.41. The van der Waals surface area contributed by atoms with Gasteiger partial charge < -0.3 is 4.43 Å². The van der Waals surface area contributed by atoms with Crippen molar-refractivity contribution in [1.82, 2.24) is 0 Å². The normalized spacial score (nSPS) is 24.6. The van der Waals surface area contributed by atoms with E-state index in [2.05, 4.69) is 19.6 Å². The van der Waals surface area contributed by atoms with Gasteiger partial charge >= 0.3 is 0 Å². The molecule has 0 unspecified atom stereocenters. The van der Waals surface area contributed by atoms with Crippen molar-refractivity contribution in [2.75, 3.05) is 0 Å². The Hall–Kier alpha value is -0.413. The Kier molecular flexibility index (Phi) is 2.30. The number of carbonyl (C=O) groups excluding carboxylic acids is 1. The van der Waals surface area contributed by atoms with E-state index in [4.69, 9.17) is 4.43 Å². The molecule has 0 saturated carbocycles. The van der Waals surface area contributed by atoms with Gasteiger partial charge in [-0.05, 0) is 25.7 Å². The summed E-state index contributed by atoms with van der Waals surface area (Å²) in [5.41, 5.74) is 0. The maximum absolute atomic E-state index is 10.8. The molecule has 0 aromatic carbocycles. The highest BCUT2D eigenvalue weighted by Crippen LogP contribution is 2.15. The molecule has 0 N–H and O–H groups in total. The minimum atomic E-state index is -1.46. The van der Waals surface area contributed by atoms with Crippen LogP contribution < -0.4 is 0 Å². The van der Waals surface area contributed by atoms with Crippen LogP contribution in [0.4, 0.5) is 0 Å².